The third kappa shape index (κ3) is 4.29. The number of nitrogens with zero attached hydrogens (tertiary/aromatic N) is 7. The number of anilines is 1. The molecule has 0 aliphatic heterocycles. The van der Waals surface area contributed by atoms with Crippen molar-refractivity contribution >= 4 is 18.1 Å². The summed E-state index contributed by atoms with van der Waals surface area (Å²) < 4.78 is 3.88. The van der Waals surface area contributed by atoms with Crippen molar-refractivity contribution in [3.8, 4) is 11.4 Å². The number of aromatic nitrogens is 7. The van der Waals surface area contributed by atoms with Gasteiger partial charge in [-0.05, 0) is 26.0 Å². The van der Waals surface area contributed by atoms with E-state index in [0.717, 1.165) is 22.7 Å². The highest BCUT2D eigenvalue weighted by molar-refractivity contribution is 5.54. The Labute approximate surface area is 160 Å². The van der Waals surface area contributed by atoms with Gasteiger partial charge in [0.2, 0.25) is 5.95 Å². The van der Waals surface area contributed by atoms with Gasteiger partial charge in [0, 0.05) is 30.8 Å². The van der Waals surface area contributed by atoms with Gasteiger partial charge in [0.05, 0.1) is 17.8 Å². The summed E-state index contributed by atoms with van der Waals surface area (Å²) in [6.07, 6.45) is 8.84. The molecule has 28 heavy (non-hydrogen) atoms. The van der Waals surface area contributed by atoms with E-state index in [0.29, 0.717) is 12.5 Å². The van der Waals surface area contributed by atoms with Crippen LogP contribution < -0.4 is 5.32 Å². The standard InChI is InChI=1S/C17H18N8.CH2O2/c1-12(2)23-17-19-8-13(9-20-17)16-18-6-7-24(16)10-14-4-3-5-15-21-11-22-25(14)15;2-1-3/h3-9,11-12H,10H2,1-2H3,(H,19,20,23);1H,(H,2,3). The highest BCUT2D eigenvalue weighted by Crippen LogP contribution is 2.18. The highest BCUT2D eigenvalue weighted by Gasteiger charge is 2.10. The molecule has 10 nitrogen and oxygen atoms in total. The van der Waals surface area contributed by atoms with Gasteiger partial charge in [0.1, 0.15) is 12.2 Å². The molecule has 4 rings (SSSR count). The van der Waals surface area contributed by atoms with Crippen molar-refractivity contribution < 1.29 is 9.90 Å². The summed E-state index contributed by atoms with van der Waals surface area (Å²) in [7, 11) is 0. The summed E-state index contributed by atoms with van der Waals surface area (Å²) in [5.74, 6) is 1.43. The molecule has 0 aromatic carbocycles. The van der Waals surface area contributed by atoms with Crippen molar-refractivity contribution in [2.75, 3.05) is 5.32 Å². The molecule has 4 aromatic rings. The number of rotatable bonds is 5. The van der Waals surface area contributed by atoms with E-state index in [-0.39, 0.29) is 12.5 Å². The van der Waals surface area contributed by atoms with Crippen LogP contribution in [0.1, 0.15) is 19.5 Å². The molecule has 0 atom stereocenters. The smallest absolute Gasteiger partial charge is 0.290 e. The molecule has 0 spiro atoms. The second kappa shape index (κ2) is 8.71. The maximum absolute atomic E-state index is 8.36. The maximum Gasteiger partial charge on any atom is 0.290 e. The number of fused-ring (bicyclic) bond motifs is 1. The second-order valence-electron chi connectivity index (χ2n) is 6.13. The summed E-state index contributed by atoms with van der Waals surface area (Å²) in [6, 6.07) is 6.22. The van der Waals surface area contributed by atoms with E-state index in [1.54, 1.807) is 24.9 Å². The molecule has 144 valence electrons. The lowest BCUT2D eigenvalue weighted by molar-refractivity contribution is -0.122. The fraction of sp³-hybridized carbons (Fsp3) is 0.222. The topological polar surface area (TPSA) is 123 Å². The molecule has 0 bridgehead atoms. The monoisotopic (exact) mass is 380 g/mol. The van der Waals surface area contributed by atoms with Crippen LogP contribution in [-0.4, -0.2) is 51.7 Å². The molecule has 10 heteroatoms. The number of carboxylic acid groups (broad SMARTS) is 1. The van der Waals surface area contributed by atoms with Crippen molar-refractivity contribution in [1.29, 1.82) is 0 Å². The van der Waals surface area contributed by atoms with Crippen molar-refractivity contribution in [3.05, 3.63) is 55.0 Å². The summed E-state index contributed by atoms with van der Waals surface area (Å²) in [5.41, 5.74) is 2.71. The van der Waals surface area contributed by atoms with E-state index >= 15 is 0 Å². The van der Waals surface area contributed by atoms with Crippen molar-refractivity contribution in [1.82, 2.24) is 34.1 Å². The van der Waals surface area contributed by atoms with Gasteiger partial charge < -0.3 is 15.0 Å². The second-order valence-corrected chi connectivity index (χ2v) is 6.13. The first-order chi connectivity index (χ1) is 13.6. The van der Waals surface area contributed by atoms with E-state index in [2.05, 4.69) is 44.2 Å². The number of hydrogen-bond donors (Lipinski definition) is 2. The van der Waals surface area contributed by atoms with Crippen LogP contribution in [0, 0.1) is 0 Å². The van der Waals surface area contributed by atoms with Gasteiger partial charge in [-0.1, -0.05) is 6.07 Å². The average Bonchev–Trinajstić information content (AvgIpc) is 3.32. The van der Waals surface area contributed by atoms with E-state index in [1.807, 2.05) is 33.5 Å². The molecule has 0 aliphatic carbocycles. The zero-order valence-electron chi connectivity index (χ0n) is 15.5. The molecule has 4 aromatic heterocycles. The highest BCUT2D eigenvalue weighted by atomic mass is 16.3. The Morgan fingerprint density at radius 3 is 2.64 bits per heavy atom. The molecule has 0 amide bonds. The van der Waals surface area contributed by atoms with Crippen LogP contribution in [0.3, 0.4) is 0 Å². The molecule has 2 N–H and O–H groups in total. The lowest BCUT2D eigenvalue weighted by Gasteiger charge is -2.10. The summed E-state index contributed by atoms with van der Waals surface area (Å²) in [5, 5.41) is 14.3. The Hall–Kier alpha value is -3.82. The third-order valence-corrected chi connectivity index (χ3v) is 3.76. The SMILES string of the molecule is CC(C)Nc1ncc(-c2nccn2Cc2cccc3ncnn23)cn1.O=CO. The molecular formula is C18H20N8O2. The molecule has 4 heterocycles. The molecule has 0 saturated heterocycles. The predicted octanol–water partition coefficient (Wildman–Crippen LogP) is 1.95. The molecule has 0 fully saturated rings. The van der Waals surface area contributed by atoms with Crippen molar-refractivity contribution in [3.63, 3.8) is 0 Å². The van der Waals surface area contributed by atoms with E-state index in [4.69, 9.17) is 9.90 Å². The Morgan fingerprint density at radius 1 is 1.18 bits per heavy atom. The number of pyridine rings is 1. The van der Waals surface area contributed by atoms with Crippen molar-refractivity contribution in [2.45, 2.75) is 26.4 Å². The fourth-order valence-electron chi connectivity index (χ4n) is 2.67. The van der Waals surface area contributed by atoms with E-state index in [9.17, 15) is 0 Å². The normalized spacial score (nSPS) is 10.5. The number of carbonyl (C=O) groups is 1. The van der Waals surface area contributed by atoms with E-state index in [1.165, 1.54) is 0 Å². The quantitative estimate of drug-likeness (QED) is 0.504. The molecule has 0 saturated carbocycles. The first-order valence-corrected chi connectivity index (χ1v) is 8.58. The van der Waals surface area contributed by atoms with Gasteiger partial charge in [0.25, 0.3) is 6.47 Å². The predicted molar refractivity (Wildman–Crippen MR) is 103 cm³/mol. The van der Waals surface area contributed by atoms with Crippen LogP contribution in [0.15, 0.2) is 49.3 Å². The minimum Gasteiger partial charge on any atom is -0.483 e. The molecular weight excluding hydrogens is 360 g/mol. The Morgan fingerprint density at radius 2 is 1.93 bits per heavy atom. The van der Waals surface area contributed by atoms with Crippen LogP contribution >= 0.6 is 0 Å². The minimum absolute atomic E-state index is 0.250. The van der Waals surface area contributed by atoms with Gasteiger partial charge in [-0.15, -0.1) is 0 Å². The van der Waals surface area contributed by atoms with Gasteiger partial charge >= 0.3 is 0 Å². The number of hydrogen-bond acceptors (Lipinski definition) is 7. The lowest BCUT2D eigenvalue weighted by atomic mass is 10.3. The van der Waals surface area contributed by atoms with Gasteiger partial charge in [-0.2, -0.15) is 5.10 Å². The van der Waals surface area contributed by atoms with Gasteiger partial charge in [0.15, 0.2) is 5.65 Å². The van der Waals surface area contributed by atoms with Crippen molar-refractivity contribution in [2.24, 2.45) is 0 Å². The lowest BCUT2D eigenvalue weighted by Crippen LogP contribution is -2.12. The fourth-order valence-corrected chi connectivity index (χ4v) is 2.67. The van der Waals surface area contributed by atoms with Crippen LogP contribution in [0.2, 0.25) is 0 Å². The zero-order chi connectivity index (χ0) is 19.9. The van der Waals surface area contributed by atoms with Gasteiger partial charge in [-0.25, -0.2) is 24.5 Å². The zero-order valence-corrected chi connectivity index (χ0v) is 15.5. The van der Waals surface area contributed by atoms with Gasteiger partial charge in [-0.3, -0.25) is 4.79 Å². The van der Waals surface area contributed by atoms with E-state index < -0.39 is 0 Å². The van der Waals surface area contributed by atoms with Crippen LogP contribution in [-0.2, 0) is 11.3 Å². The van der Waals surface area contributed by atoms with Crippen LogP contribution in [0.25, 0.3) is 17.0 Å². The summed E-state index contributed by atoms with van der Waals surface area (Å²) in [6.45, 7) is 4.48. The first kappa shape index (κ1) is 19.0. The maximum atomic E-state index is 8.36. The number of imidazole rings is 1. The molecule has 0 unspecified atom stereocenters. The minimum atomic E-state index is -0.250. The molecule has 0 aliphatic rings. The first-order valence-electron chi connectivity index (χ1n) is 8.58. The van der Waals surface area contributed by atoms with Crippen LogP contribution in [0.4, 0.5) is 5.95 Å². The Kier molecular flexibility index (Phi) is 5.90. The summed E-state index contributed by atoms with van der Waals surface area (Å²) in [4.78, 5) is 25.8. The summed E-state index contributed by atoms with van der Waals surface area (Å²) >= 11 is 0. The number of nitrogens with one attached hydrogen (secondary N) is 1. The Bertz CT molecular complexity index is 1040. The largest absolute Gasteiger partial charge is 0.483 e. The molecule has 0 radical (unpaired) electrons. The third-order valence-electron chi connectivity index (χ3n) is 3.76. The Balaban J connectivity index is 0.000000706. The van der Waals surface area contributed by atoms with Crippen LogP contribution in [0.5, 0.6) is 0 Å². The average molecular weight is 380 g/mol.